The van der Waals surface area contributed by atoms with E-state index in [1.54, 1.807) is 0 Å². The number of carbonyl (C=O) groups is 3. The van der Waals surface area contributed by atoms with Crippen LogP contribution in [0.4, 0.5) is 0 Å². The molecule has 0 amide bonds. The van der Waals surface area contributed by atoms with Gasteiger partial charge in [-0.05, 0) is 25.2 Å². The number of esters is 3. The van der Waals surface area contributed by atoms with Crippen LogP contribution < -0.4 is 0 Å². The summed E-state index contributed by atoms with van der Waals surface area (Å²) in [5.74, 6) is 0.0522. The average Bonchev–Trinajstić information content (AvgIpc) is 3.23. The number of hydrogen-bond donors (Lipinski definition) is 0. The quantitative estimate of drug-likeness (QED) is 0.0345. The van der Waals surface area contributed by atoms with Gasteiger partial charge < -0.3 is 14.2 Å². The molecule has 6 nitrogen and oxygen atoms in total. The van der Waals surface area contributed by atoms with Crippen molar-refractivity contribution in [3.63, 3.8) is 0 Å². The zero-order valence-corrected chi connectivity index (χ0v) is 40.2. The molecule has 0 bridgehead atoms. The molecule has 0 heterocycles. The first-order valence-corrected chi connectivity index (χ1v) is 26.4. The van der Waals surface area contributed by atoms with Crippen molar-refractivity contribution >= 4 is 17.9 Å². The molecule has 0 saturated heterocycles. The molecule has 0 aromatic rings. The third-order valence-electron chi connectivity index (χ3n) is 12.4. The van der Waals surface area contributed by atoms with Crippen LogP contribution in [0.2, 0.25) is 0 Å². The zero-order valence-electron chi connectivity index (χ0n) is 40.2. The summed E-state index contributed by atoms with van der Waals surface area (Å²) in [7, 11) is 0. The van der Waals surface area contributed by atoms with Crippen LogP contribution in [0.1, 0.15) is 297 Å². The number of carbonyl (C=O) groups excluding carboxylic acids is 3. The molecular formula is C53H102O6. The maximum Gasteiger partial charge on any atom is 0.306 e. The Morgan fingerprint density at radius 3 is 0.881 bits per heavy atom. The highest BCUT2D eigenvalue weighted by molar-refractivity contribution is 5.71. The van der Waals surface area contributed by atoms with Crippen molar-refractivity contribution in [3.05, 3.63) is 0 Å². The smallest absolute Gasteiger partial charge is 0.306 e. The van der Waals surface area contributed by atoms with E-state index in [0.717, 1.165) is 63.7 Å². The maximum atomic E-state index is 12.8. The van der Waals surface area contributed by atoms with Crippen LogP contribution >= 0.6 is 0 Å². The molecule has 0 aliphatic rings. The summed E-state index contributed by atoms with van der Waals surface area (Å²) < 4.78 is 16.8. The molecule has 1 unspecified atom stereocenters. The Labute approximate surface area is 368 Å². The topological polar surface area (TPSA) is 78.9 Å². The van der Waals surface area contributed by atoms with Crippen molar-refractivity contribution in [1.29, 1.82) is 0 Å². The third kappa shape index (κ3) is 45.8. The van der Waals surface area contributed by atoms with Gasteiger partial charge in [0.2, 0.25) is 0 Å². The zero-order chi connectivity index (χ0) is 43.1. The Kier molecular flexibility index (Phi) is 46.2. The van der Waals surface area contributed by atoms with E-state index >= 15 is 0 Å². The second-order valence-corrected chi connectivity index (χ2v) is 18.4. The van der Waals surface area contributed by atoms with Crippen LogP contribution in [0.3, 0.4) is 0 Å². The van der Waals surface area contributed by atoms with Gasteiger partial charge in [-0.1, -0.05) is 259 Å². The van der Waals surface area contributed by atoms with E-state index in [1.165, 1.54) is 193 Å². The van der Waals surface area contributed by atoms with Crippen molar-refractivity contribution in [2.45, 2.75) is 303 Å². The van der Waals surface area contributed by atoms with Gasteiger partial charge in [-0.2, -0.15) is 0 Å². The molecule has 0 fully saturated rings. The second-order valence-electron chi connectivity index (χ2n) is 18.4. The van der Waals surface area contributed by atoms with Gasteiger partial charge in [0.25, 0.3) is 0 Å². The Hall–Kier alpha value is -1.59. The molecule has 0 N–H and O–H groups in total. The predicted molar refractivity (Wildman–Crippen MR) is 252 cm³/mol. The molecule has 0 spiro atoms. The van der Waals surface area contributed by atoms with E-state index in [0.29, 0.717) is 19.3 Å². The Morgan fingerprint density at radius 2 is 0.593 bits per heavy atom. The largest absolute Gasteiger partial charge is 0.462 e. The summed E-state index contributed by atoms with van der Waals surface area (Å²) in [6, 6.07) is 0. The first-order chi connectivity index (χ1) is 28.9. The van der Waals surface area contributed by atoms with E-state index in [-0.39, 0.29) is 31.1 Å². The molecule has 0 aliphatic heterocycles. The Balaban J connectivity index is 4.25. The van der Waals surface area contributed by atoms with Gasteiger partial charge in [0, 0.05) is 19.3 Å². The molecule has 2 atom stereocenters. The first-order valence-electron chi connectivity index (χ1n) is 26.4. The number of ether oxygens (including phenoxy) is 3. The minimum atomic E-state index is -0.760. The molecule has 0 radical (unpaired) electrons. The first kappa shape index (κ1) is 57.4. The van der Waals surface area contributed by atoms with Crippen molar-refractivity contribution in [2.75, 3.05) is 13.2 Å². The number of unbranched alkanes of at least 4 members (excludes halogenated alkanes) is 34. The predicted octanol–water partition coefficient (Wildman–Crippen LogP) is 17.1. The van der Waals surface area contributed by atoms with Crippen molar-refractivity contribution in [1.82, 2.24) is 0 Å². The van der Waals surface area contributed by atoms with Crippen LogP contribution in [0, 0.1) is 5.92 Å². The van der Waals surface area contributed by atoms with Crippen LogP contribution in [0.5, 0.6) is 0 Å². The van der Waals surface area contributed by atoms with E-state index in [4.69, 9.17) is 14.2 Å². The van der Waals surface area contributed by atoms with E-state index in [1.807, 2.05) is 0 Å². The molecule has 6 heteroatoms. The standard InChI is InChI=1S/C53H102O6/c1-5-8-10-12-14-16-18-25-28-32-36-40-44-51(54)57-47-50(59-53(56)46-42-38-34-30-23-17-15-13-11-9-6-2)48-58-52(55)45-41-37-33-29-26-22-20-19-21-24-27-31-35-39-43-49(4)7-3/h49-50H,5-48H2,1-4H3/t49?,50-/m0/s1. The third-order valence-corrected chi connectivity index (χ3v) is 12.4. The minimum absolute atomic E-state index is 0.0626. The lowest BCUT2D eigenvalue weighted by Gasteiger charge is -2.18. The molecule has 350 valence electrons. The molecular weight excluding hydrogens is 733 g/mol. The number of hydrogen-bond acceptors (Lipinski definition) is 6. The summed E-state index contributed by atoms with van der Waals surface area (Å²) in [6.45, 7) is 9.06. The monoisotopic (exact) mass is 835 g/mol. The van der Waals surface area contributed by atoms with Gasteiger partial charge in [0.15, 0.2) is 6.10 Å². The average molecular weight is 835 g/mol. The fourth-order valence-corrected chi connectivity index (χ4v) is 8.01. The highest BCUT2D eigenvalue weighted by Gasteiger charge is 2.19. The molecule has 0 aromatic carbocycles. The van der Waals surface area contributed by atoms with Gasteiger partial charge >= 0.3 is 17.9 Å². The fraction of sp³-hybridized carbons (Fsp3) is 0.943. The van der Waals surface area contributed by atoms with Gasteiger partial charge in [-0.25, -0.2) is 0 Å². The van der Waals surface area contributed by atoms with Crippen molar-refractivity contribution in [3.8, 4) is 0 Å². The van der Waals surface area contributed by atoms with Gasteiger partial charge in [-0.3, -0.25) is 14.4 Å². The van der Waals surface area contributed by atoms with Gasteiger partial charge in [0.1, 0.15) is 13.2 Å². The van der Waals surface area contributed by atoms with Crippen molar-refractivity contribution in [2.24, 2.45) is 5.92 Å². The van der Waals surface area contributed by atoms with Crippen molar-refractivity contribution < 1.29 is 28.6 Å². The SMILES string of the molecule is CCCCCCCCCCCCCCC(=O)OC[C@@H](COC(=O)CCCCCCCCCCCCCCCCC(C)CC)OC(=O)CCCCCCCCCCCCC. The summed E-state index contributed by atoms with van der Waals surface area (Å²) >= 11 is 0. The highest BCUT2D eigenvalue weighted by Crippen LogP contribution is 2.18. The normalized spacial score (nSPS) is 12.4. The van der Waals surface area contributed by atoms with E-state index in [9.17, 15) is 14.4 Å². The molecule has 0 saturated carbocycles. The lowest BCUT2D eigenvalue weighted by molar-refractivity contribution is -0.167. The van der Waals surface area contributed by atoms with Gasteiger partial charge in [-0.15, -0.1) is 0 Å². The summed E-state index contributed by atoms with van der Waals surface area (Å²) in [6.07, 6.45) is 49.3. The van der Waals surface area contributed by atoms with E-state index in [2.05, 4.69) is 27.7 Å². The van der Waals surface area contributed by atoms with Crippen LogP contribution in [0.15, 0.2) is 0 Å². The van der Waals surface area contributed by atoms with Crippen LogP contribution in [0.25, 0.3) is 0 Å². The Bertz CT molecular complexity index is 889. The van der Waals surface area contributed by atoms with Crippen LogP contribution in [-0.4, -0.2) is 37.2 Å². The molecule has 0 aliphatic carbocycles. The molecule has 0 rings (SSSR count). The van der Waals surface area contributed by atoms with Crippen LogP contribution in [-0.2, 0) is 28.6 Å². The highest BCUT2D eigenvalue weighted by atomic mass is 16.6. The fourth-order valence-electron chi connectivity index (χ4n) is 8.01. The summed E-state index contributed by atoms with van der Waals surface area (Å²) in [4.78, 5) is 37.9. The summed E-state index contributed by atoms with van der Waals surface area (Å²) in [5.41, 5.74) is 0. The minimum Gasteiger partial charge on any atom is -0.462 e. The number of rotatable bonds is 48. The van der Waals surface area contributed by atoms with E-state index < -0.39 is 6.10 Å². The maximum absolute atomic E-state index is 12.8. The Morgan fingerprint density at radius 1 is 0.339 bits per heavy atom. The second kappa shape index (κ2) is 47.5. The lowest BCUT2D eigenvalue weighted by atomic mass is 9.99. The van der Waals surface area contributed by atoms with Gasteiger partial charge in [0.05, 0.1) is 0 Å². The lowest BCUT2D eigenvalue weighted by Crippen LogP contribution is -2.30. The molecule has 59 heavy (non-hydrogen) atoms. The summed E-state index contributed by atoms with van der Waals surface area (Å²) in [5, 5.41) is 0. The molecule has 0 aromatic heterocycles.